The fourth-order valence-corrected chi connectivity index (χ4v) is 6.70. The van der Waals surface area contributed by atoms with Crippen LogP contribution >= 0.6 is 0 Å². The fraction of sp³-hybridized carbons (Fsp3) is 0.286. The van der Waals surface area contributed by atoms with Gasteiger partial charge in [-0.25, -0.2) is 8.42 Å². The number of nitro groups is 1. The molecule has 2 aliphatic rings. The number of fused-ring (bicyclic) bond motifs is 6. The number of hydrogen-bond donors (Lipinski definition) is 2. The molecule has 0 aliphatic carbocycles. The topological polar surface area (TPSA) is 141 Å². The number of benzene rings is 3. The third kappa shape index (κ3) is 3.75. The third-order valence-electron chi connectivity index (χ3n) is 7.87. The molecule has 0 saturated carbocycles. The predicted molar refractivity (Wildman–Crippen MR) is 142 cm³/mol. The van der Waals surface area contributed by atoms with Crippen molar-refractivity contribution < 1.29 is 33.0 Å². The van der Waals surface area contributed by atoms with Crippen LogP contribution in [0.4, 0.5) is 5.69 Å². The van der Waals surface area contributed by atoms with Crippen molar-refractivity contribution in [1.29, 1.82) is 0 Å². The van der Waals surface area contributed by atoms with Crippen LogP contribution in [0.5, 0.6) is 17.5 Å². The summed E-state index contributed by atoms with van der Waals surface area (Å²) in [5.74, 6) is 0.157. The van der Waals surface area contributed by atoms with Gasteiger partial charge in [0.2, 0.25) is 11.8 Å². The lowest BCUT2D eigenvalue weighted by molar-refractivity contribution is -0.383. The molecule has 3 heterocycles. The van der Waals surface area contributed by atoms with E-state index in [1.165, 1.54) is 28.8 Å². The first-order valence-electron chi connectivity index (χ1n) is 12.4. The Morgan fingerprint density at radius 2 is 1.67 bits per heavy atom. The first-order chi connectivity index (χ1) is 18.5. The van der Waals surface area contributed by atoms with Crippen LogP contribution in [-0.2, 0) is 25.8 Å². The fourth-order valence-electron chi connectivity index (χ4n) is 6.07. The lowest BCUT2D eigenvalue weighted by atomic mass is 9.78. The lowest BCUT2D eigenvalue weighted by Crippen LogP contribution is -2.25. The Bertz CT molecular complexity index is 1760. The Kier molecular flexibility index (Phi) is 5.46. The normalized spacial score (nSPS) is 21.8. The van der Waals surface area contributed by atoms with E-state index in [0.717, 1.165) is 6.26 Å². The molecule has 39 heavy (non-hydrogen) atoms. The van der Waals surface area contributed by atoms with Crippen molar-refractivity contribution in [3.63, 3.8) is 0 Å². The Balaban J connectivity index is 1.37. The largest absolute Gasteiger partial charge is 0.494 e. The first-order valence-corrected chi connectivity index (χ1v) is 14.3. The molecule has 2 aliphatic heterocycles. The van der Waals surface area contributed by atoms with Crippen molar-refractivity contribution in [2.24, 2.45) is 0 Å². The molecule has 1 aromatic heterocycles. The molecule has 1 fully saturated rings. The molecule has 202 valence electrons. The van der Waals surface area contributed by atoms with Crippen LogP contribution in [-0.4, -0.2) is 41.0 Å². The zero-order valence-electron chi connectivity index (χ0n) is 21.2. The van der Waals surface area contributed by atoms with Crippen LogP contribution in [0, 0.1) is 10.1 Å². The maximum atomic E-state index is 11.7. The van der Waals surface area contributed by atoms with E-state index < -0.39 is 26.0 Å². The SMILES string of the molecule is C[C@@]12CC[C@@](CCOc3ccc(S(C)(=O)=O)cc3)(O1)c1c2c(O)n(-c2ccc([N+](=O)[O-])c3ccccc23)c1O. The smallest absolute Gasteiger partial charge is 0.277 e. The van der Waals surface area contributed by atoms with Gasteiger partial charge in [-0.05, 0) is 56.2 Å². The molecule has 3 aromatic carbocycles. The van der Waals surface area contributed by atoms with Crippen molar-refractivity contribution in [1.82, 2.24) is 4.57 Å². The molecule has 2 atom stereocenters. The molecule has 2 N–H and O–H groups in total. The van der Waals surface area contributed by atoms with Gasteiger partial charge in [0, 0.05) is 24.1 Å². The predicted octanol–water partition coefficient (Wildman–Crippen LogP) is 5.06. The molecule has 6 rings (SSSR count). The highest BCUT2D eigenvalue weighted by molar-refractivity contribution is 7.90. The van der Waals surface area contributed by atoms with Gasteiger partial charge in [-0.3, -0.25) is 14.7 Å². The zero-order chi connectivity index (χ0) is 27.7. The summed E-state index contributed by atoms with van der Waals surface area (Å²) in [6, 6.07) is 15.8. The van der Waals surface area contributed by atoms with Gasteiger partial charge in [-0.2, -0.15) is 0 Å². The van der Waals surface area contributed by atoms with E-state index in [9.17, 15) is 28.7 Å². The van der Waals surface area contributed by atoms with E-state index in [1.807, 2.05) is 6.92 Å². The van der Waals surface area contributed by atoms with Gasteiger partial charge < -0.3 is 19.7 Å². The number of hydrogen-bond acceptors (Lipinski definition) is 8. The minimum absolute atomic E-state index is 0.0680. The third-order valence-corrected chi connectivity index (χ3v) is 9.00. The van der Waals surface area contributed by atoms with Crippen molar-refractivity contribution in [2.45, 2.75) is 42.3 Å². The number of nitrogens with zero attached hydrogens (tertiary/aromatic N) is 2. The molecule has 11 heteroatoms. The Hall–Kier alpha value is -4.09. The summed E-state index contributed by atoms with van der Waals surface area (Å²) < 4.78 is 37.1. The zero-order valence-corrected chi connectivity index (χ0v) is 22.1. The van der Waals surface area contributed by atoms with Crippen molar-refractivity contribution in [3.05, 3.63) is 81.9 Å². The second-order valence-corrected chi connectivity index (χ2v) is 12.3. The van der Waals surface area contributed by atoms with Crippen LogP contribution in [0.2, 0.25) is 0 Å². The van der Waals surface area contributed by atoms with Gasteiger partial charge in [0.1, 0.15) is 11.4 Å². The Morgan fingerprint density at radius 1 is 1.00 bits per heavy atom. The highest BCUT2D eigenvalue weighted by Crippen LogP contribution is 2.65. The molecule has 10 nitrogen and oxygen atoms in total. The summed E-state index contributed by atoms with van der Waals surface area (Å²) in [6.07, 6.45) is 2.75. The summed E-state index contributed by atoms with van der Waals surface area (Å²) in [4.78, 5) is 11.3. The van der Waals surface area contributed by atoms with Crippen LogP contribution in [0.15, 0.2) is 65.6 Å². The second kappa shape index (κ2) is 8.45. The Morgan fingerprint density at radius 3 is 2.33 bits per heavy atom. The molecule has 0 spiro atoms. The monoisotopic (exact) mass is 550 g/mol. The Labute approximate surface area is 224 Å². The van der Waals surface area contributed by atoms with E-state index in [-0.39, 0.29) is 28.9 Å². The number of aromatic nitrogens is 1. The van der Waals surface area contributed by atoms with Crippen LogP contribution in [0.1, 0.15) is 37.3 Å². The summed E-state index contributed by atoms with van der Waals surface area (Å²) in [5, 5.41) is 35.5. The maximum Gasteiger partial charge on any atom is 0.277 e. The minimum Gasteiger partial charge on any atom is -0.494 e. The van der Waals surface area contributed by atoms with Crippen LogP contribution in [0.3, 0.4) is 0 Å². The summed E-state index contributed by atoms with van der Waals surface area (Å²) in [6.45, 7) is 2.10. The minimum atomic E-state index is -3.31. The van der Waals surface area contributed by atoms with E-state index in [1.54, 1.807) is 36.4 Å². The quantitative estimate of drug-likeness (QED) is 0.240. The molecular formula is C28H26N2O8S. The van der Waals surface area contributed by atoms with E-state index >= 15 is 0 Å². The number of nitro benzene ring substituents is 1. The first kappa shape index (κ1) is 25.2. The standard InChI is InChI=1S/C28H26N2O8S/c1-27-13-14-28(38-27,15-16-37-17-7-9-18(10-8-17)39(2,35)36)24-23(27)25(31)29(26(24)32)21-11-12-22(30(33)34)20-6-4-3-5-19(20)21/h3-12,31-32H,13-16H2,1-2H3/t27-,28-/m0/s1. The number of rotatable bonds is 7. The molecule has 4 aromatic rings. The second-order valence-electron chi connectivity index (χ2n) is 10.3. The van der Waals surface area contributed by atoms with Crippen molar-refractivity contribution >= 4 is 26.3 Å². The van der Waals surface area contributed by atoms with E-state index in [0.29, 0.717) is 52.6 Å². The summed E-state index contributed by atoms with van der Waals surface area (Å²) >= 11 is 0. The van der Waals surface area contributed by atoms with Gasteiger partial charge in [0.25, 0.3) is 5.69 Å². The average Bonchev–Trinajstić information content (AvgIpc) is 3.47. The van der Waals surface area contributed by atoms with E-state index in [4.69, 9.17) is 9.47 Å². The number of aromatic hydroxyl groups is 2. The van der Waals surface area contributed by atoms with Gasteiger partial charge in [-0.15, -0.1) is 0 Å². The molecule has 0 unspecified atom stereocenters. The molecule has 1 saturated heterocycles. The van der Waals surface area contributed by atoms with Gasteiger partial charge in [0.05, 0.1) is 44.2 Å². The van der Waals surface area contributed by atoms with Crippen LogP contribution in [0.25, 0.3) is 16.5 Å². The van der Waals surface area contributed by atoms with Crippen LogP contribution < -0.4 is 4.74 Å². The number of ether oxygens (including phenoxy) is 2. The van der Waals surface area contributed by atoms with Gasteiger partial charge in [-0.1, -0.05) is 18.2 Å². The number of non-ortho nitro benzene ring substituents is 1. The van der Waals surface area contributed by atoms with Crippen molar-refractivity contribution in [3.8, 4) is 23.2 Å². The average molecular weight is 551 g/mol. The highest BCUT2D eigenvalue weighted by Gasteiger charge is 2.61. The van der Waals surface area contributed by atoms with Gasteiger partial charge >= 0.3 is 0 Å². The molecule has 0 radical (unpaired) electrons. The summed E-state index contributed by atoms with van der Waals surface area (Å²) in [5.41, 5.74) is -0.378. The highest BCUT2D eigenvalue weighted by atomic mass is 32.2. The molecular weight excluding hydrogens is 524 g/mol. The van der Waals surface area contributed by atoms with Crippen molar-refractivity contribution in [2.75, 3.05) is 12.9 Å². The number of sulfone groups is 1. The molecule has 0 amide bonds. The van der Waals surface area contributed by atoms with Gasteiger partial charge in [0.15, 0.2) is 9.84 Å². The lowest BCUT2D eigenvalue weighted by Gasteiger charge is -2.26. The molecule has 2 bridgehead atoms. The summed E-state index contributed by atoms with van der Waals surface area (Å²) in [7, 11) is -3.31. The van der Waals surface area contributed by atoms with E-state index in [2.05, 4.69) is 0 Å². The maximum absolute atomic E-state index is 11.7.